The van der Waals surface area contributed by atoms with Gasteiger partial charge in [0.15, 0.2) is 0 Å². The van der Waals surface area contributed by atoms with Crippen LogP contribution in [0.1, 0.15) is 51.9 Å². The van der Waals surface area contributed by atoms with Crippen LogP contribution in [0.3, 0.4) is 0 Å². The Kier molecular flexibility index (Phi) is 6.52. The average molecular weight is 243 g/mol. The standard InChI is InChI=1S/C13H25NO3/c1-2-3-7-12(13(16)17)14-9-5-4-6-11(14)8-10-15/h11-12,15H,2-10H2,1H3,(H,16,17). The largest absolute Gasteiger partial charge is 0.480 e. The SMILES string of the molecule is CCCCC(C(=O)O)N1CCCCC1CCO. The van der Waals surface area contributed by atoms with Crippen molar-refractivity contribution in [2.45, 2.75) is 64.0 Å². The third-order valence-corrected chi connectivity index (χ3v) is 3.65. The zero-order chi connectivity index (χ0) is 12.7. The maximum absolute atomic E-state index is 11.4. The second kappa shape index (κ2) is 7.67. The van der Waals surface area contributed by atoms with Crippen molar-refractivity contribution in [3.63, 3.8) is 0 Å². The van der Waals surface area contributed by atoms with E-state index in [9.17, 15) is 9.90 Å². The fourth-order valence-electron chi connectivity index (χ4n) is 2.72. The van der Waals surface area contributed by atoms with Crippen LogP contribution in [0.2, 0.25) is 0 Å². The van der Waals surface area contributed by atoms with E-state index in [1.807, 2.05) is 0 Å². The molecule has 0 amide bonds. The molecule has 17 heavy (non-hydrogen) atoms. The molecule has 100 valence electrons. The molecule has 0 aromatic rings. The van der Waals surface area contributed by atoms with Crippen molar-refractivity contribution < 1.29 is 15.0 Å². The predicted octanol–water partition coefficient (Wildman–Crippen LogP) is 1.87. The van der Waals surface area contributed by atoms with Crippen molar-refractivity contribution in [1.82, 2.24) is 4.90 Å². The fraction of sp³-hybridized carbons (Fsp3) is 0.923. The quantitative estimate of drug-likeness (QED) is 0.716. The van der Waals surface area contributed by atoms with E-state index in [4.69, 9.17) is 5.11 Å². The minimum atomic E-state index is -0.705. The van der Waals surface area contributed by atoms with Crippen molar-refractivity contribution in [1.29, 1.82) is 0 Å². The molecule has 0 aromatic heterocycles. The number of unbranched alkanes of at least 4 members (excludes halogenated alkanes) is 1. The fourth-order valence-corrected chi connectivity index (χ4v) is 2.72. The lowest BCUT2D eigenvalue weighted by molar-refractivity contribution is -0.145. The van der Waals surface area contributed by atoms with Crippen LogP contribution in [0.15, 0.2) is 0 Å². The monoisotopic (exact) mass is 243 g/mol. The van der Waals surface area contributed by atoms with Gasteiger partial charge in [-0.2, -0.15) is 0 Å². The van der Waals surface area contributed by atoms with E-state index < -0.39 is 5.97 Å². The van der Waals surface area contributed by atoms with Crippen molar-refractivity contribution in [3.05, 3.63) is 0 Å². The summed E-state index contributed by atoms with van der Waals surface area (Å²) in [6.45, 7) is 3.10. The van der Waals surface area contributed by atoms with Gasteiger partial charge in [-0.1, -0.05) is 26.2 Å². The summed E-state index contributed by atoms with van der Waals surface area (Å²) in [4.78, 5) is 13.5. The first kappa shape index (κ1) is 14.5. The van der Waals surface area contributed by atoms with Crippen molar-refractivity contribution in [2.24, 2.45) is 0 Å². The van der Waals surface area contributed by atoms with Crippen molar-refractivity contribution in [2.75, 3.05) is 13.2 Å². The first-order valence-electron chi connectivity index (χ1n) is 6.80. The Morgan fingerprint density at radius 1 is 1.47 bits per heavy atom. The summed E-state index contributed by atoms with van der Waals surface area (Å²) in [6, 6.07) is -0.0986. The minimum absolute atomic E-state index is 0.154. The number of carbonyl (C=O) groups is 1. The van der Waals surface area contributed by atoms with Gasteiger partial charge in [0.25, 0.3) is 0 Å². The van der Waals surface area contributed by atoms with Crippen LogP contribution in [-0.2, 0) is 4.79 Å². The predicted molar refractivity (Wildman–Crippen MR) is 67.0 cm³/mol. The van der Waals surface area contributed by atoms with Crippen LogP contribution >= 0.6 is 0 Å². The van der Waals surface area contributed by atoms with Gasteiger partial charge in [0.1, 0.15) is 6.04 Å². The van der Waals surface area contributed by atoms with Gasteiger partial charge in [-0.15, -0.1) is 0 Å². The molecular formula is C13H25NO3. The summed E-state index contributed by atoms with van der Waals surface area (Å²) in [5.74, 6) is -0.705. The lowest BCUT2D eigenvalue weighted by atomic mass is 9.95. The third-order valence-electron chi connectivity index (χ3n) is 3.65. The van der Waals surface area contributed by atoms with Gasteiger partial charge in [-0.3, -0.25) is 9.69 Å². The van der Waals surface area contributed by atoms with Gasteiger partial charge in [-0.25, -0.2) is 0 Å². The van der Waals surface area contributed by atoms with Crippen molar-refractivity contribution in [3.8, 4) is 0 Å². The molecule has 0 aliphatic carbocycles. The molecule has 4 nitrogen and oxygen atoms in total. The van der Waals surface area contributed by atoms with Gasteiger partial charge >= 0.3 is 5.97 Å². The first-order chi connectivity index (χ1) is 8.20. The lowest BCUT2D eigenvalue weighted by Crippen LogP contribution is -2.50. The zero-order valence-corrected chi connectivity index (χ0v) is 10.8. The Bertz CT molecular complexity index is 231. The molecule has 1 aliphatic heterocycles. The highest BCUT2D eigenvalue weighted by atomic mass is 16.4. The smallest absolute Gasteiger partial charge is 0.320 e. The molecule has 1 saturated heterocycles. The molecule has 0 saturated carbocycles. The molecule has 0 aromatic carbocycles. The zero-order valence-electron chi connectivity index (χ0n) is 10.8. The Hall–Kier alpha value is -0.610. The highest BCUT2D eigenvalue weighted by Gasteiger charge is 2.32. The summed E-state index contributed by atoms with van der Waals surface area (Å²) >= 11 is 0. The van der Waals surface area contributed by atoms with Crippen LogP contribution in [0.5, 0.6) is 0 Å². The van der Waals surface area contributed by atoms with E-state index in [0.29, 0.717) is 6.42 Å². The minimum Gasteiger partial charge on any atom is -0.480 e. The molecule has 1 fully saturated rings. The summed E-state index contributed by atoms with van der Waals surface area (Å²) < 4.78 is 0. The molecule has 2 unspecified atom stereocenters. The van der Waals surface area contributed by atoms with E-state index in [0.717, 1.165) is 45.1 Å². The normalized spacial score (nSPS) is 23.5. The Morgan fingerprint density at radius 2 is 2.24 bits per heavy atom. The van der Waals surface area contributed by atoms with Crippen LogP contribution in [-0.4, -0.2) is 46.3 Å². The van der Waals surface area contributed by atoms with Crippen molar-refractivity contribution >= 4 is 5.97 Å². The number of aliphatic carboxylic acids is 1. The molecule has 4 heteroatoms. The van der Waals surface area contributed by atoms with E-state index >= 15 is 0 Å². The number of likely N-dealkylation sites (tertiary alicyclic amines) is 1. The van der Waals surface area contributed by atoms with Crippen LogP contribution in [0, 0.1) is 0 Å². The molecule has 2 N–H and O–H groups in total. The van der Waals surface area contributed by atoms with E-state index in [1.165, 1.54) is 0 Å². The Labute approximate surface area is 104 Å². The van der Waals surface area contributed by atoms with Crippen LogP contribution < -0.4 is 0 Å². The number of rotatable bonds is 7. The molecule has 1 rings (SSSR count). The van der Waals surface area contributed by atoms with E-state index in [-0.39, 0.29) is 18.7 Å². The molecule has 0 spiro atoms. The third kappa shape index (κ3) is 4.28. The summed E-state index contributed by atoms with van der Waals surface area (Å²) in [6.07, 6.45) is 6.68. The lowest BCUT2D eigenvalue weighted by Gasteiger charge is -2.39. The highest BCUT2D eigenvalue weighted by Crippen LogP contribution is 2.24. The number of hydrogen-bond donors (Lipinski definition) is 2. The molecular weight excluding hydrogens is 218 g/mol. The molecule has 0 radical (unpaired) electrons. The van der Waals surface area contributed by atoms with Crippen LogP contribution in [0.4, 0.5) is 0 Å². The Morgan fingerprint density at radius 3 is 2.82 bits per heavy atom. The molecule has 0 bridgehead atoms. The number of piperidine rings is 1. The first-order valence-corrected chi connectivity index (χ1v) is 6.80. The van der Waals surface area contributed by atoms with E-state index in [1.54, 1.807) is 0 Å². The van der Waals surface area contributed by atoms with Crippen LogP contribution in [0.25, 0.3) is 0 Å². The summed E-state index contributed by atoms with van der Waals surface area (Å²) in [5.41, 5.74) is 0. The number of hydrogen-bond acceptors (Lipinski definition) is 3. The maximum atomic E-state index is 11.4. The number of carboxylic acids is 1. The van der Waals surface area contributed by atoms with Gasteiger partial charge in [0, 0.05) is 12.6 Å². The summed E-state index contributed by atoms with van der Waals surface area (Å²) in [5, 5.41) is 18.4. The van der Waals surface area contributed by atoms with E-state index in [2.05, 4.69) is 11.8 Å². The van der Waals surface area contributed by atoms with Gasteiger partial charge in [0.05, 0.1) is 0 Å². The number of aliphatic hydroxyl groups excluding tert-OH is 1. The topological polar surface area (TPSA) is 60.8 Å². The maximum Gasteiger partial charge on any atom is 0.320 e. The van der Waals surface area contributed by atoms with Gasteiger partial charge in [-0.05, 0) is 32.2 Å². The second-order valence-corrected chi connectivity index (χ2v) is 4.90. The highest BCUT2D eigenvalue weighted by molar-refractivity contribution is 5.73. The van der Waals surface area contributed by atoms with Gasteiger partial charge < -0.3 is 10.2 Å². The molecule has 1 heterocycles. The number of carboxylic acid groups (broad SMARTS) is 1. The van der Waals surface area contributed by atoms with Gasteiger partial charge in [0.2, 0.25) is 0 Å². The molecule has 2 atom stereocenters. The molecule has 1 aliphatic rings. The summed E-state index contributed by atoms with van der Waals surface area (Å²) in [7, 11) is 0. The number of aliphatic hydroxyl groups is 1. The number of nitrogens with zero attached hydrogens (tertiary/aromatic N) is 1. The Balaban J connectivity index is 2.64. The average Bonchev–Trinajstić information content (AvgIpc) is 2.31. The second-order valence-electron chi connectivity index (χ2n) is 4.90.